The van der Waals surface area contributed by atoms with Gasteiger partial charge in [0.1, 0.15) is 0 Å². The first-order chi connectivity index (χ1) is 7.52. The lowest BCUT2D eigenvalue weighted by Gasteiger charge is -2.22. The molecule has 1 aliphatic rings. The van der Waals surface area contributed by atoms with Crippen LogP contribution >= 0.6 is 0 Å². The predicted octanol–water partition coefficient (Wildman–Crippen LogP) is -0.349. The molecule has 1 rings (SSSR count). The SMILES string of the molecule is NC1(N)CCCC(=O)OCCCCOC1=O. The topological polar surface area (TPSA) is 105 Å². The molecule has 92 valence electrons. The molecule has 0 aliphatic carbocycles. The van der Waals surface area contributed by atoms with E-state index in [0.29, 0.717) is 25.9 Å². The molecule has 6 nitrogen and oxygen atoms in total. The highest BCUT2D eigenvalue weighted by Crippen LogP contribution is 2.10. The zero-order valence-corrected chi connectivity index (χ0v) is 9.24. The van der Waals surface area contributed by atoms with E-state index in [1.165, 1.54) is 0 Å². The van der Waals surface area contributed by atoms with Crippen molar-refractivity contribution in [2.75, 3.05) is 13.2 Å². The van der Waals surface area contributed by atoms with Gasteiger partial charge in [0.25, 0.3) is 0 Å². The van der Waals surface area contributed by atoms with E-state index in [2.05, 4.69) is 0 Å². The molecule has 1 aliphatic heterocycles. The molecule has 0 spiro atoms. The summed E-state index contributed by atoms with van der Waals surface area (Å²) in [6, 6.07) is 0. The summed E-state index contributed by atoms with van der Waals surface area (Å²) in [5.41, 5.74) is 9.70. The van der Waals surface area contributed by atoms with Gasteiger partial charge in [0.15, 0.2) is 5.66 Å². The van der Waals surface area contributed by atoms with Crippen LogP contribution in [0.1, 0.15) is 32.1 Å². The zero-order valence-electron chi connectivity index (χ0n) is 9.24. The lowest BCUT2D eigenvalue weighted by molar-refractivity contribution is -0.152. The van der Waals surface area contributed by atoms with Gasteiger partial charge in [-0.1, -0.05) is 0 Å². The van der Waals surface area contributed by atoms with Crippen molar-refractivity contribution in [1.29, 1.82) is 0 Å². The first-order valence-electron chi connectivity index (χ1n) is 5.43. The van der Waals surface area contributed by atoms with Crippen molar-refractivity contribution in [1.82, 2.24) is 0 Å². The number of nitrogens with two attached hydrogens (primary N) is 2. The molecule has 1 heterocycles. The van der Waals surface area contributed by atoms with Crippen molar-refractivity contribution in [3.63, 3.8) is 0 Å². The van der Waals surface area contributed by atoms with E-state index in [9.17, 15) is 9.59 Å². The van der Waals surface area contributed by atoms with Crippen LogP contribution in [0.2, 0.25) is 0 Å². The molecule has 0 amide bonds. The van der Waals surface area contributed by atoms with Gasteiger partial charge >= 0.3 is 11.9 Å². The summed E-state index contributed by atoms with van der Waals surface area (Å²) in [6.07, 6.45) is 2.15. The number of ether oxygens (including phenoxy) is 2. The molecule has 4 N–H and O–H groups in total. The number of cyclic esters (lactones) is 2. The van der Waals surface area contributed by atoms with Crippen LogP contribution < -0.4 is 11.5 Å². The molecular formula is C10H18N2O4. The summed E-state index contributed by atoms with van der Waals surface area (Å²) in [4.78, 5) is 22.6. The van der Waals surface area contributed by atoms with Gasteiger partial charge in [-0.3, -0.25) is 4.79 Å². The van der Waals surface area contributed by atoms with Crippen molar-refractivity contribution >= 4 is 11.9 Å². The second kappa shape index (κ2) is 5.81. The Hall–Kier alpha value is -1.14. The molecule has 0 aromatic heterocycles. The highest BCUT2D eigenvalue weighted by molar-refractivity contribution is 5.79. The van der Waals surface area contributed by atoms with Crippen LogP contribution in [0.3, 0.4) is 0 Å². The fourth-order valence-corrected chi connectivity index (χ4v) is 1.39. The van der Waals surface area contributed by atoms with E-state index in [-0.39, 0.29) is 25.4 Å². The number of carbonyl (C=O) groups excluding carboxylic acids is 2. The van der Waals surface area contributed by atoms with Crippen molar-refractivity contribution in [2.45, 2.75) is 37.8 Å². The first kappa shape index (κ1) is 12.9. The Morgan fingerprint density at radius 3 is 2.31 bits per heavy atom. The number of carbonyl (C=O) groups is 2. The van der Waals surface area contributed by atoms with Crippen molar-refractivity contribution in [2.24, 2.45) is 11.5 Å². The first-order valence-corrected chi connectivity index (χ1v) is 5.43. The zero-order chi connectivity index (χ0) is 12.0. The summed E-state index contributed by atoms with van der Waals surface area (Å²) in [5.74, 6) is -0.883. The van der Waals surface area contributed by atoms with Crippen LogP contribution in [0.25, 0.3) is 0 Å². The quantitative estimate of drug-likeness (QED) is 0.435. The lowest BCUT2D eigenvalue weighted by Crippen LogP contribution is -2.57. The molecule has 16 heavy (non-hydrogen) atoms. The maximum absolute atomic E-state index is 11.4. The maximum atomic E-state index is 11.4. The summed E-state index contributed by atoms with van der Waals surface area (Å²) in [7, 11) is 0. The average molecular weight is 230 g/mol. The Balaban J connectivity index is 2.52. The molecule has 0 saturated carbocycles. The Kier molecular flexibility index (Phi) is 4.70. The molecule has 0 radical (unpaired) electrons. The molecule has 0 aromatic carbocycles. The van der Waals surface area contributed by atoms with Gasteiger partial charge in [-0.05, 0) is 25.7 Å². The van der Waals surface area contributed by atoms with Gasteiger partial charge < -0.3 is 20.9 Å². The van der Waals surface area contributed by atoms with Crippen LogP contribution in [-0.4, -0.2) is 30.8 Å². The van der Waals surface area contributed by atoms with Gasteiger partial charge in [-0.15, -0.1) is 0 Å². The number of esters is 2. The average Bonchev–Trinajstić information content (AvgIpc) is 2.21. The minimum Gasteiger partial charge on any atom is -0.466 e. The molecule has 0 atom stereocenters. The van der Waals surface area contributed by atoms with E-state index in [4.69, 9.17) is 20.9 Å². The largest absolute Gasteiger partial charge is 0.466 e. The number of hydrogen-bond donors (Lipinski definition) is 2. The van der Waals surface area contributed by atoms with Gasteiger partial charge in [0, 0.05) is 6.42 Å². The van der Waals surface area contributed by atoms with Crippen LogP contribution in [0.4, 0.5) is 0 Å². The Labute approximate surface area is 94.2 Å². The number of hydrogen-bond acceptors (Lipinski definition) is 6. The molecule has 6 heteroatoms. The van der Waals surface area contributed by atoms with Crippen LogP contribution in [-0.2, 0) is 19.1 Å². The summed E-state index contributed by atoms with van der Waals surface area (Å²) < 4.78 is 9.88. The van der Waals surface area contributed by atoms with E-state index < -0.39 is 11.6 Å². The molecule has 0 aromatic rings. The highest BCUT2D eigenvalue weighted by Gasteiger charge is 2.30. The third kappa shape index (κ3) is 4.16. The van der Waals surface area contributed by atoms with Crippen molar-refractivity contribution in [3.8, 4) is 0 Å². The van der Waals surface area contributed by atoms with E-state index in [1.54, 1.807) is 0 Å². The molecular weight excluding hydrogens is 212 g/mol. The lowest BCUT2D eigenvalue weighted by atomic mass is 10.0. The minimum absolute atomic E-state index is 0.209. The predicted molar refractivity (Wildman–Crippen MR) is 56.1 cm³/mol. The van der Waals surface area contributed by atoms with Gasteiger partial charge in [0.05, 0.1) is 13.2 Å². The fourth-order valence-electron chi connectivity index (χ4n) is 1.39. The van der Waals surface area contributed by atoms with Crippen LogP contribution in [0.5, 0.6) is 0 Å². The molecule has 0 bridgehead atoms. The number of rotatable bonds is 0. The molecule has 0 unspecified atom stereocenters. The van der Waals surface area contributed by atoms with E-state index in [0.717, 1.165) is 0 Å². The maximum Gasteiger partial charge on any atom is 0.340 e. The van der Waals surface area contributed by atoms with Crippen LogP contribution in [0, 0.1) is 0 Å². The second-order valence-electron chi connectivity index (χ2n) is 3.96. The summed E-state index contributed by atoms with van der Waals surface area (Å²) in [5, 5.41) is 0. The smallest absolute Gasteiger partial charge is 0.340 e. The monoisotopic (exact) mass is 230 g/mol. The summed E-state index contributed by atoms with van der Waals surface area (Å²) in [6.45, 7) is 0.624. The third-order valence-electron chi connectivity index (χ3n) is 2.39. The Morgan fingerprint density at radius 1 is 1.00 bits per heavy atom. The van der Waals surface area contributed by atoms with Crippen molar-refractivity contribution in [3.05, 3.63) is 0 Å². The highest BCUT2D eigenvalue weighted by atomic mass is 16.5. The van der Waals surface area contributed by atoms with Gasteiger partial charge in [0.2, 0.25) is 0 Å². The molecule has 1 fully saturated rings. The molecule has 1 saturated heterocycles. The second-order valence-corrected chi connectivity index (χ2v) is 3.96. The fraction of sp³-hybridized carbons (Fsp3) is 0.800. The Bertz CT molecular complexity index is 266. The normalized spacial score (nSPS) is 23.6. The van der Waals surface area contributed by atoms with Gasteiger partial charge in [-0.25, -0.2) is 4.79 Å². The minimum atomic E-state index is -1.50. The van der Waals surface area contributed by atoms with E-state index in [1.807, 2.05) is 0 Å². The summed E-state index contributed by atoms with van der Waals surface area (Å²) >= 11 is 0. The standard InChI is InChI=1S/C10H18N2O4/c11-10(12)5-3-4-8(13)15-6-1-2-7-16-9(10)14/h1-7,11-12H2. The van der Waals surface area contributed by atoms with Crippen LogP contribution in [0.15, 0.2) is 0 Å². The van der Waals surface area contributed by atoms with E-state index >= 15 is 0 Å². The van der Waals surface area contributed by atoms with Gasteiger partial charge in [-0.2, -0.15) is 0 Å². The third-order valence-corrected chi connectivity index (χ3v) is 2.39. The Morgan fingerprint density at radius 2 is 1.62 bits per heavy atom. The van der Waals surface area contributed by atoms with Crippen molar-refractivity contribution < 1.29 is 19.1 Å².